The maximum atomic E-state index is 9.59. The summed E-state index contributed by atoms with van der Waals surface area (Å²) in [5.74, 6) is 3.00. The normalized spacial score (nSPS) is 22.3. The lowest BCUT2D eigenvalue weighted by molar-refractivity contribution is -0.0712. The van der Waals surface area contributed by atoms with Gasteiger partial charge in [0.15, 0.2) is 5.82 Å². The molecule has 0 unspecified atom stereocenters. The van der Waals surface area contributed by atoms with Crippen molar-refractivity contribution in [2.24, 2.45) is 0 Å². The molecule has 2 aromatic heterocycles. The Balaban J connectivity index is 1.31. The Morgan fingerprint density at radius 3 is 2.58 bits per heavy atom. The molecule has 0 saturated carbocycles. The quantitative estimate of drug-likeness (QED) is 0.562. The van der Waals surface area contributed by atoms with E-state index in [1.54, 1.807) is 0 Å². The maximum absolute atomic E-state index is 9.59. The second-order valence-corrected chi connectivity index (χ2v) is 10.3. The van der Waals surface area contributed by atoms with Crippen LogP contribution in [0.3, 0.4) is 0 Å². The van der Waals surface area contributed by atoms with E-state index in [1.807, 2.05) is 16.9 Å². The van der Waals surface area contributed by atoms with E-state index >= 15 is 0 Å². The first kappa shape index (κ1) is 23.8. The van der Waals surface area contributed by atoms with Crippen LogP contribution in [-0.2, 0) is 15.9 Å². The van der Waals surface area contributed by atoms with Gasteiger partial charge in [0.2, 0.25) is 0 Å². The Labute approximate surface area is 212 Å². The molecule has 9 nitrogen and oxygen atoms in total. The summed E-state index contributed by atoms with van der Waals surface area (Å²) < 4.78 is 13.0. The van der Waals surface area contributed by atoms with E-state index in [4.69, 9.17) is 24.5 Å². The predicted molar refractivity (Wildman–Crippen MR) is 138 cm³/mol. The highest BCUT2D eigenvalue weighted by atomic mass is 16.5. The van der Waals surface area contributed by atoms with E-state index in [0.717, 1.165) is 67.6 Å². The molecule has 3 aliphatic heterocycles. The minimum Gasteiger partial charge on any atom is -0.394 e. The van der Waals surface area contributed by atoms with Crippen molar-refractivity contribution in [2.75, 3.05) is 57.5 Å². The number of piperidine rings is 1. The van der Waals surface area contributed by atoms with E-state index in [0.29, 0.717) is 25.1 Å². The van der Waals surface area contributed by atoms with Gasteiger partial charge in [-0.3, -0.25) is 4.90 Å². The predicted octanol–water partition coefficient (Wildman–Crippen LogP) is 2.46. The highest BCUT2D eigenvalue weighted by Crippen LogP contribution is 2.34. The molecule has 3 saturated heterocycles. The standard InChI is InChI=1S/C27H36N6O3/c1-3-25-29-26(32-8-9-36-22(14-32)15-34)12-27(30-25)33-24-11-23(18(2)10-20(24)13-28-33)19-4-6-31(7-5-19)21-16-35-17-21/h10-13,19,21-22,34H,3-9,14-17H2,1-2H3/t22-/m1/s1. The van der Waals surface area contributed by atoms with Crippen molar-refractivity contribution >= 4 is 16.7 Å². The van der Waals surface area contributed by atoms with Crippen LogP contribution in [0.25, 0.3) is 16.7 Å². The van der Waals surface area contributed by atoms with Crippen molar-refractivity contribution in [3.8, 4) is 5.82 Å². The first-order valence-corrected chi connectivity index (χ1v) is 13.3. The van der Waals surface area contributed by atoms with Crippen LogP contribution in [-0.4, -0.2) is 94.5 Å². The van der Waals surface area contributed by atoms with Gasteiger partial charge in [0.25, 0.3) is 0 Å². The van der Waals surface area contributed by atoms with Crippen LogP contribution in [0.4, 0.5) is 5.82 Å². The van der Waals surface area contributed by atoms with E-state index in [1.165, 1.54) is 24.0 Å². The molecule has 0 bridgehead atoms. The zero-order chi connectivity index (χ0) is 24.6. The number of hydrogen-bond acceptors (Lipinski definition) is 8. The lowest BCUT2D eigenvalue weighted by atomic mass is 9.85. The third kappa shape index (κ3) is 4.49. The fourth-order valence-corrected chi connectivity index (χ4v) is 5.77. The van der Waals surface area contributed by atoms with Crippen molar-refractivity contribution in [1.29, 1.82) is 0 Å². The first-order valence-electron chi connectivity index (χ1n) is 13.3. The lowest BCUT2D eigenvalue weighted by Crippen LogP contribution is -2.51. The number of aryl methyl sites for hydroxylation is 2. The largest absolute Gasteiger partial charge is 0.394 e. The van der Waals surface area contributed by atoms with E-state index in [2.05, 4.69) is 35.8 Å². The summed E-state index contributed by atoms with van der Waals surface area (Å²) in [6.07, 6.45) is 4.84. The van der Waals surface area contributed by atoms with Gasteiger partial charge in [-0.25, -0.2) is 14.6 Å². The van der Waals surface area contributed by atoms with Crippen LogP contribution in [0.15, 0.2) is 24.4 Å². The topological polar surface area (TPSA) is 88.8 Å². The monoisotopic (exact) mass is 492 g/mol. The second-order valence-electron chi connectivity index (χ2n) is 10.3. The van der Waals surface area contributed by atoms with Crippen molar-refractivity contribution in [1.82, 2.24) is 24.6 Å². The molecule has 3 fully saturated rings. The minimum absolute atomic E-state index is 0.00829. The summed E-state index contributed by atoms with van der Waals surface area (Å²) in [7, 11) is 0. The van der Waals surface area contributed by atoms with Crippen LogP contribution >= 0.6 is 0 Å². The average molecular weight is 493 g/mol. The van der Waals surface area contributed by atoms with Gasteiger partial charge in [-0.05, 0) is 62.0 Å². The smallest absolute Gasteiger partial charge is 0.159 e. The molecule has 192 valence electrons. The summed E-state index contributed by atoms with van der Waals surface area (Å²) in [5, 5.41) is 15.5. The van der Waals surface area contributed by atoms with Gasteiger partial charge in [-0.2, -0.15) is 5.10 Å². The molecular formula is C27H36N6O3. The average Bonchev–Trinajstić information content (AvgIpc) is 3.30. The molecular weight excluding hydrogens is 456 g/mol. The Bertz CT molecular complexity index is 1220. The number of benzene rings is 1. The molecule has 0 amide bonds. The van der Waals surface area contributed by atoms with Gasteiger partial charge in [0, 0.05) is 31.0 Å². The molecule has 1 atom stereocenters. The molecule has 3 aromatic rings. The number of aliphatic hydroxyl groups is 1. The summed E-state index contributed by atoms with van der Waals surface area (Å²) in [6, 6.07) is 7.25. The van der Waals surface area contributed by atoms with Crippen molar-refractivity contribution in [3.63, 3.8) is 0 Å². The maximum Gasteiger partial charge on any atom is 0.159 e. The number of rotatable bonds is 6. The number of anilines is 1. The lowest BCUT2D eigenvalue weighted by Gasteiger charge is -2.41. The van der Waals surface area contributed by atoms with E-state index in [9.17, 15) is 5.11 Å². The molecule has 9 heteroatoms. The van der Waals surface area contributed by atoms with Crippen molar-refractivity contribution in [3.05, 3.63) is 41.3 Å². The van der Waals surface area contributed by atoms with Gasteiger partial charge in [-0.1, -0.05) is 6.92 Å². The molecule has 1 N–H and O–H groups in total. The Morgan fingerprint density at radius 2 is 1.86 bits per heavy atom. The van der Waals surface area contributed by atoms with E-state index < -0.39 is 0 Å². The van der Waals surface area contributed by atoms with Crippen LogP contribution in [0, 0.1) is 6.92 Å². The fourth-order valence-electron chi connectivity index (χ4n) is 5.77. The van der Waals surface area contributed by atoms with Gasteiger partial charge in [-0.15, -0.1) is 0 Å². The number of aliphatic hydroxyl groups excluding tert-OH is 1. The van der Waals surface area contributed by atoms with Gasteiger partial charge >= 0.3 is 0 Å². The van der Waals surface area contributed by atoms with Crippen molar-refractivity contribution in [2.45, 2.75) is 51.2 Å². The molecule has 0 spiro atoms. The Hall–Kier alpha value is -2.59. The van der Waals surface area contributed by atoms with Crippen LogP contribution in [0.2, 0.25) is 0 Å². The minimum atomic E-state index is -0.193. The highest BCUT2D eigenvalue weighted by molar-refractivity contribution is 5.82. The molecule has 0 aliphatic carbocycles. The first-order chi connectivity index (χ1) is 17.6. The molecule has 0 radical (unpaired) electrons. The third-order valence-corrected chi connectivity index (χ3v) is 8.01. The van der Waals surface area contributed by atoms with Crippen LogP contribution in [0.5, 0.6) is 0 Å². The highest BCUT2D eigenvalue weighted by Gasteiger charge is 2.31. The number of nitrogens with zero attached hydrogens (tertiary/aromatic N) is 6. The second kappa shape index (κ2) is 10.0. The van der Waals surface area contributed by atoms with Gasteiger partial charge in [0.1, 0.15) is 11.6 Å². The summed E-state index contributed by atoms with van der Waals surface area (Å²) in [5.41, 5.74) is 3.86. The fraction of sp³-hybridized carbons (Fsp3) is 0.593. The number of ether oxygens (including phenoxy) is 2. The van der Waals surface area contributed by atoms with Crippen molar-refractivity contribution < 1.29 is 14.6 Å². The van der Waals surface area contributed by atoms with Crippen LogP contribution in [0.1, 0.15) is 42.6 Å². The summed E-state index contributed by atoms with van der Waals surface area (Å²) in [6.45, 7) is 10.3. The summed E-state index contributed by atoms with van der Waals surface area (Å²) in [4.78, 5) is 14.4. The number of hydrogen-bond donors (Lipinski definition) is 1. The molecule has 1 aromatic carbocycles. The zero-order valence-corrected chi connectivity index (χ0v) is 21.3. The summed E-state index contributed by atoms with van der Waals surface area (Å²) >= 11 is 0. The molecule has 6 rings (SSSR count). The van der Waals surface area contributed by atoms with Crippen LogP contribution < -0.4 is 4.90 Å². The zero-order valence-electron chi connectivity index (χ0n) is 21.3. The Kier molecular flexibility index (Phi) is 6.64. The Morgan fingerprint density at radius 1 is 1.06 bits per heavy atom. The number of likely N-dealkylation sites (tertiary alicyclic amines) is 1. The molecule has 36 heavy (non-hydrogen) atoms. The van der Waals surface area contributed by atoms with E-state index in [-0.39, 0.29) is 12.7 Å². The van der Waals surface area contributed by atoms with Gasteiger partial charge in [0.05, 0.1) is 50.3 Å². The number of fused-ring (bicyclic) bond motifs is 1. The molecule has 3 aliphatic rings. The van der Waals surface area contributed by atoms with Gasteiger partial charge < -0.3 is 19.5 Å². The molecule has 5 heterocycles. The SMILES string of the molecule is CCc1nc(N2CCO[C@@H](CO)C2)cc(-n2ncc3cc(C)c(C4CCN(C5COC5)CC4)cc32)n1. The third-order valence-electron chi connectivity index (χ3n) is 8.01. The number of aromatic nitrogens is 4. The number of morpholine rings is 1.